The van der Waals surface area contributed by atoms with E-state index in [0.717, 1.165) is 44.8 Å². The van der Waals surface area contributed by atoms with Crippen LogP contribution in [0.15, 0.2) is 18.2 Å². The fraction of sp³-hybridized carbons (Fsp3) is 0.667. The van der Waals surface area contributed by atoms with E-state index >= 15 is 0 Å². The number of rotatable bonds is 7. The number of hydrogen-bond donors (Lipinski definition) is 2. The summed E-state index contributed by atoms with van der Waals surface area (Å²) >= 11 is 0. The number of methoxy groups -OCH3 is 1. The summed E-state index contributed by atoms with van der Waals surface area (Å²) < 4.78 is 11.0. The molecule has 1 heterocycles. The molecule has 0 bridgehead atoms. The minimum Gasteiger partial charge on any atom is -0.496 e. The van der Waals surface area contributed by atoms with Crippen LogP contribution >= 0.6 is 0 Å². The summed E-state index contributed by atoms with van der Waals surface area (Å²) in [6, 6.07) is 6.53. The highest BCUT2D eigenvalue weighted by atomic mass is 16.5. The predicted octanol–water partition coefficient (Wildman–Crippen LogP) is 2.83. The molecule has 0 aliphatic carbocycles. The number of aryl methyl sites for hydroxylation is 1. The highest BCUT2D eigenvalue weighted by molar-refractivity contribution is 5.39. The molecule has 0 aromatic heterocycles. The van der Waals surface area contributed by atoms with Gasteiger partial charge in [-0.05, 0) is 32.3 Å². The zero-order chi connectivity index (χ0) is 16.0. The lowest BCUT2D eigenvalue weighted by Gasteiger charge is -2.37. The van der Waals surface area contributed by atoms with E-state index in [2.05, 4.69) is 31.3 Å². The average molecular weight is 307 g/mol. The second-order valence-corrected chi connectivity index (χ2v) is 6.36. The second kappa shape index (κ2) is 7.95. The Labute approximate surface area is 133 Å². The third-order valence-electron chi connectivity index (χ3n) is 4.78. The molecule has 1 aliphatic rings. The van der Waals surface area contributed by atoms with Crippen molar-refractivity contribution in [1.29, 1.82) is 0 Å². The van der Waals surface area contributed by atoms with Gasteiger partial charge in [0.1, 0.15) is 5.75 Å². The smallest absolute Gasteiger partial charge is 0.123 e. The zero-order valence-electron chi connectivity index (χ0n) is 14.0. The standard InChI is InChI=1S/C18H29NO3/c1-4-16(15-11-14(2)5-6-17(15)21-3)19-12-18(13-20)7-9-22-10-8-18/h5-6,11,16,19-20H,4,7-10,12-13H2,1-3H3. The molecule has 0 radical (unpaired) electrons. The summed E-state index contributed by atoms with van der Waals surface area (Å²) in [7, 11) is 1.72. The monoisotopic (exact) mass is 307 g/mol. The van der Waals surface area contributed by atoms with Gasteiger partial charge in [-0.15, -0.1) is 0 Å². The van der Waals surface area contributed by atoms with Crippen LogP contribution in [-0.2, 0) is 4.74 Å². The molecule has 1 fully saturated rings. The predicted molar refractivity (Wildman–Crippen MR) is 88.3 cm³/mol. The quantitative estimate of drug-likeness (QED) is 0.813. The number of hydrogen-bond acceptors (Lipinski definition) is 4. The normalized spacial score (nSPS) is 18.9. The molecule has 1 aromatic carbocycles. The minimum absolute atomic E-state index is 0.0528. The Morgan fingerprint density at radius 2 is 2.09 bits per heavy atom. The summed E-state index contributed by atoms with van der Waals surface area (Å²) in [5.41, 5.74) is 2.38. The Morgan fingerprint density at radius 3 is 2.68 bits per heavy atom. The number of benzene rings is 1. The molecule has 1 aromatic rings. The number of aliphatic hydroxyl groups excluding tert-OH is 1. The highest BCUT2D eigenvalue weighted by Crippen LogP contribution is 2.32. The number of aliphatic hydroxyl groups is 1. The fourth-order valence-corrected chi connectivity index (χ4v) is 3.14. The van der Waals surface area contributed by atoms with Crippen molar-refractivity contribution in [3.8, 4) is 5.75 Å². The number of ether oxygens (including phenoxy) is 2. The van der Waals surface area contributed by atoms with E-state index in [1.807, 2.05) is 6.07 Å². The molecule has 2 rings (SSSR count). The van der Waals surface area contributed by atoms with Crippen molar-refractivity contribution >= 4 is 0 Å². The van der Waals surface area contributed by atoms with Gasteiger partial charge in [0, 0.05) is 36.8 Å². The van der Waals surface area contributed by atoms with Gasteiger partial charge in [0.05, 0.1) is 13.7 Å². The molecule has 1 unspecified atom stereocenters. The van der Waals surface area contributed by atoms with Gasteiger partial charge in [-0.1, -0.05) is 24.6 Å². The lowest BCUT2D eigenvalue weighted by Crippen LogP contribution is -2.43. The molecule has 0 amide bonds. The van der Waals surface area contributed by atoms with E-state index in [9.17, 15) is 5.11 Å². The molecule has 22 heavy (non-hydrogen) atoms. The second-order valence-electron chi connectivity index (χ2n) is 6.36. The molecule has 1 saturated heterocycles. The van der Waals surface area contributed by atoms with Crippen molar-refractivity contribution in [2.45, 2.75) is 39.2 Å². The third kappa shape index (κ3) is 4.00. The Hall–Kier alpha value is -1.10. The average Bonchev–Trinajstić information content (AvgIpc) is 2.56. The van der Waals surface area contributed by atoms with Crippen molar-refractivity contribution in [3.63, 3.8) is 0 Å². The first-order valence-corrected chi connectivity index (χ1v) is 8.20. The van der Waals surface area contributed by atoms with Gasteiger partial charge in [-0.2, -0.15) is 0 Å². The minimum atomic E-state index is -0.0528. The van der Waals surface area contributed by atoms with Crippen LogP contribution in [0.2, 0.25) is 0 Å². The Kier molecular flexibility index (Phi) is 6.24. The Morgan fingerprint density at radius 1 is 1.36 bits per heavy atom. The largest absolute Gasteiger partial charge is 0.496 e. The lowest BCUT2D eigenvalue weighted by atomic mass is 9.80. The first-order valence-electron chi connectivity index (χ1n) is 8.20. The summed E-state index contributed by atoms with van der Waals surface area (Å²) in [4.78, 5) is 0. The van der Waals surface area contributed by atoms with E-state index in [0.29, 0.717) is 0 Å². The fourth-order valence-electron chi connectivity index (χ4n) is 3.14. The molecule has 4 heteroatoms. The van der Waals surface area contributed by atoms with E-state index in [4.69, 9.17) is 9.47 Å². The maximum absolute atomic E-state index is 9.82. The highest BCUT2D eigenvalue weighted by Gasteiger charge is 2.32. The van der Waals surface area contributed by atoms with Crippen molar-refractivity contribution in [2.75, 3.05) is 33.5 Å². The molecular weight excluding hydrogens is 278 g/mol. The Bertz CT molecular complexity index is 469. The van der Waals surface area contributed by atoms with Crippen LogP contribution in [0.4, 0.5) is 0 Å². The molecule has 0 spiro atoms. The van der Waals surface area contributed by atoms with E-state index < -0.39 is 0 Å². The van der Waals surface area contributed by atoms with Crippen molar-refractivity contribution in [3.05, 3.63) is 29.3 Å². The van der Waals surface area contributed by atoms with E-state index in [1.54, 1.807) is 7.11 Å². The SMILES string of the molecule is CCC(NCC1(CO)CCOCC1)c1cc(C)ccc1OC. The first kappa shape index (κ1) is 17.3. The molecule has 4 nitrogen and oxygen atoms in total. The van der Waals surface area contributed by atoms with E-state index in [-0.39, 0.29) is 18.1 Å². The molecular formula is C18H29NO3. The first-order chi connectivity index (χ1) is 10.6. The maximum Gasteiger partial charge on any atom is 0.123 e. The van der Waals surface area contributed by atoms with Gasteiger partial charge >= 0.3 is 0 Å². The van der Waals surface area contributed by atoms with Crippen LogP contribution in [0.1, 0.15) is 43.4 Å². The van der Waals surface area contributed by atoms with Gasteiger partial charge in [0.25, 0.3) is 0 Å². The third-order valence-corrected chi connectivity index (χ3v) is 4.78. The topological polar surface area (TPSA) is 50.7 Å². The summed E-state index contributed by atoms with van der Waals surface area (Å²) in [6.45, 7) is 6.78. The summed E-state index contributed by atoms with van der Waals surface area (Å²) in [5.74, 6) is 0.926. The zero-order valence-corrected chi connectivity index (χ0v) is 14.0. The van der Waals surface area contributed by atoms with Crippen LogP contribution in [0.25, 0.3) is 0 Å². The van der Waals surface area contributed by atoms with Gasteiger partial charge in [0.15, 0.2) is 0 Å². The maximum atomic E-state index is 9.82. The molecule has 0 saturated carbocycles. The summed E-state index contributed by atoms with van der Waals surface area (Å²) in [5, 5.41) is 13.5. The van der Waals surface area contributed by atoms with Gasteiger partial charge in [-0.25, -0.2) is 0 Å². The lowest BCUT2D eigenvalue weighted by molar-refractivity contribution is -0.0166. The van der Waals surface area contributed by atoms with E-state index in [1.165, 1.54) is 11.1 Å². The van der Waals surface area contributed by atoms with Crippen molar-refractivity contribution < 1.29 is 14.6 Å². The summed E-state index contributed by atoms with van der Waals surface area (Å²) in [6.07, 6.45) is 2.81. The van der Waals surface area contributed by atoms with Crippen molar-refractivity contribution in [1.82, 2.24) is 5.32 Å². The number of nitrogens with one attached hydrogen (secondary N) is 1. The van der Waals surface area contributed by atoms with Crippen molar-refractivity contribution in [2.24, 2.45) is 5.41 Å². The van der Waals surface area contributed by atoms with Crippen LogP contribution in [0, 0.1) is 12.3 Å². The molecule has 1 aliphatic heterocycles. The molecule has 1 atom stereocenters. The van der Waals surface area contributed by atoms with Crippen LogP contribution < -0.4 is 10.1 Å². The molecule has 124 valence electrons. The van der Waals surface area contributed by atoms with Gasteiger partial charge < -0.3 is 19.9 Å². The van der Waals surface area contributed by atoms with Gasteiger partial charge in [-0.3, -0.25) is 0 Å². The van der Waals surface area contributed by atoms with Crippen LogP contribution in [0.3, 0.4) is 0 Å². The Balaban J connectivity index is 2.10. The van der Waals surface area contributed by atoms with Crippen LogP contribution in [-0.4, -0.2) is 38.6 Å². The molecule has 2 N–H and O–H groups in total. The van der Waals surface area contributed by atoms with Gasteiger partial charge in [0.2, 0.25) is 0 Å². The van der Waals surface area contributed by atoms with Crippen LogP contribution in [0.5, 0.6) is 5.75 Å².